The molecule has 4 heteroatoms. The second kappa shape index (κ2) is 4.28. The third-order valence-corrected chi connectivity index (χ3v) is 5.18. The van der Waals surface area contributed by atoms with E-state index >= 15 is 0 Å². The van der Waals surface area contributed by atoms with Crippen LogP contribution in [-0.2, 0) is 19.3 Å². The van der Waals surface area contributed by atoms with Crippen LogP contribution < -0.4 is 5.73 Å². The molecule has 1 aliphatic rings. The van der Waals surface area contributed by atoms with Gasteiger partial charge in [0.1, 0.15) is 0 Å². The van der Waals surface area contributed by atoms with Crippen LogP contribution in [0.1, 0.15) is 32.8 Å². The van der Waals surface area contributed by atoms with Gasteiger partial charge in [0.2, 0.25) is 0 Å². The number of thiophene rings is 1. The molecule has 1 atom stereocenters. The summed E-state index contributed by atoms with van der Waals surface area (Å²) in [6, 6.07) is 2.44. The van der Waals surface area contributed by atoms with Crippen molar-refractivity contribution in [2.24, 2.45) is 5.73 Å². The molecular weight excluding hydrogens is 236 g/mol. The average molecular weight is 250 g/mol. The monoisotopic (exact) mass is 250 g/mol. The van der Waals surface area contributed by atoms with Gasteiger partial charge in [0.25, 0.3) is 0 Å². The van der Waals surface area contributed by atoms with E-state index in [1.54, 1.807) is 16.2 Å². The Morgan fingerprint density at radius 1 is 1.44 bits per heavy atom. The summed E-state index contributed by atoms with van der Waals surface area (Å²) in [5, 5.41) is 3.15. The second-order valence-corrected chi connectivity index (χ2v) is 6.33. The fourth-order valence-corrected chi connectivity index (χ4v) is 4.11. The van der Waals surface area contributed by atoms with E-state index in [2.05, 4.69) is 11.1 Å². The number of hydrogen-bond acceptors (Lipinski definition) is 4. The fourth-order valence-electron chi connectivity index (χ4n) is 2.18. The van der Waals surface area contributed by atoms with Crippen LogP contribution in [0.25, 0.3) is 0 Å². The summed E-state index contributed by atoms with van der Waals surface area (Å²) in [5.41, 5.74) is 7.76. The molecule has 0 fully saturated rings. The lowest BCUT2D eigenvalue weighted by Crippen LogP contribution is -2.11. The van der Waals surface area contributed by atoms with Gasteiger partial charge in [0, 0.05) is 33.8 Å². The number of fused-ring (bicyclic) bond motifs is 1. The smallest absolute Gasteiger partial charge is 0.0944 e. The molecule has 0 aromatic carbocycles. The van der Waals surface area contributed by atoms with Crippen molar-refractivity contribution in [1.29, 1.82) is 0 Å². The SMILES string of the molecule is NC(Cc1nccs1)c1cc2c(s1)CCC2. The number of nitrogens with two attached hydrogens (primary N) is 1. The van der Waals surface area contributed by atoms with Crippen LogP contribution in [0.2, 0.25) is 0 Å². The van der Waals surface area contributed by atoms with E-state index in [0.717, 1.165) is 11.4 Å². The molecule has 2 N–H and O–H groups in total. The molecule has 3 rings (SSSR count). The van der Waals surface area contributed by atoms with Gasteiger partial charge >= 0.3 is 0 Å². The Morgan fingerprint density at radius 2 is 2.38 bits per heavy atom. The van der Waals surface area contributed by atoms with Gasteiger partial charge in [-0.2, -0.15) is 0 Å². The van der Waals surface area contributed by atoms with Crippen LogP contribution in [0, 0.1) is 0 Å². The molecule has 2 aromatic rings. The molecule has 0 spiro atoms. The summed E-state index contributed by atoms with van der Waals surface area (Å²) in [5.74, 6) is 0. The number of hydrogen-bond donors (Lipinski definition) is 1. The first-order chi connectivity index (χ1) is 7.83. The van der Waals surface area contributed by atoms with E-state index in [1.165, 1.54) is 29.7 Å². The maximum atomic E-state index is 6.22. The Bertz CT molecular complexity index is 452. The Balaban J connectivity index is 1.76. The lowest BCUT2D eigenvalue weighted by atomic mass is 10.1. The lowest BCUT2D eigenvalue weighted by molar-refractivity contribution is 0.731. The summed E-state index contributed by atoms with van der Waals surface area (Å²) in [6.45, 7) is 0. The quantitative estimate of drug-likeness (QED) is 0.909. The Kier molecular flexibility index (Phi) is 2.79. The van der Waals surface area contributed by atoms with Crippen molar-refractivity contribution in [3.05, 3.63) is 38.0 Å². The van der Waals surface area contributed by atoms with Gasteiger partial charge < -0.3 is 5.73 Å². The number of rotatable bonds is 3. The molecule has 2 aromatic heterocycles. The first-order valence-corrected chi connectivity index (χ1v) is 7.28. The first kappa shape index (κ1) is 10.4. The average Bonchev–Trinajstić information content (AvgIpc) is 2.91. The van der Waals surface area contributed by atoms with Crippen molar-refractivity contribution in [2.75, 3.05) is 0 Å². The Morgan fingerprint density at radius 3 is 3.12 bits per heavy atom. The predicted molar refractivity (Wildman–Crippen MR) is 69.1 cm³/mol. The molecule has 0 bridgehead atoms. The zero-order chi connectivity index (χ0) is 11.0. The lowest BCUT2D eigenvalue weighted by Gasteiger charge is -2.06. The molecule has 2 nitrogen and oxygen atoms in total. The van der Waals surface area contributed by atoms with Gasteiger partial charge in [-0.05, 0) is 30.9 Å². The fraction of sp³-hybridized carbons (Fsp3) is 0.417. The maximum absolute atomic E-state index is 6.22. The predicted octanol–water partition coefficient (Wildman–Crippen LogP) is 2.94. The van der Waals surface area contributed by atoms with Crippen LogP contribution >= 0.6 is 22.7 Å². The summed E-state index contributed by atoms with van der Waals surface area (Å²) in [6.07, 6.45) is 6.54. The summed E-state index contributed by atoms with van der Waals surface area (Å²) in [4.78, 5) is 7.18. The highest BCUT2D eigenvalue weighted by Crippen LogP contribution is 2.34. The van der Waals surface area contributed by atoms with E-state index in [0.29, 0.717) is 0 Å². The number of nitrogens with zero attached hydrogens (tertiary/aromatic N) is 1. The Labute approximate surface area is 103 Å². The standard InChI is InChI=1S/C12H14N2S2/c13-9(7-12-14-4-5-15-12)11-6-8-2-1-3-10(8)16-11/h4-6,9H,1-3,7,13H2. The molecule has 16 heavy (non-hydrogen) atoms. The van der Waals surface area contributed by atoms with Crippen LogP contribution in [0.5, 0.6) is 0 Å². The van der Waals surface area contributed by atoms with E-state index in [4.69, 9.17) is 5.73 Å². The van der Waals surface area contributed by atoms with Gasteiger partial charge in [-0.1, -0.05) is 0 Å². The third-order valence-electron chi connectivity index (χ3n) is 3.01. The van der Waals surface area contributed by atoms with Crippen molar-refractivity contribution in [1.82, 2.24) is 4.98 Å². The van der Waals surface area contributed by atoms with Crippen molar-refractivity contribution in [2.45, 2.75) is 31.7 Å². The molecule has 1 aliphatic carbocycles. The zero-order valence-electron chi connectivity index (χ0n) is 8.98. The van der Waals surface area contributed by atoms with Crippen molar-refractivity contribution in [3.8, 4) is 0 Å². The summed E-state index contributed by atoms with van der Waals surface area (Å²) >= 11 is 3.59. The van der Waals surface area contributed by atoms with Gasteiger partial charge in [-0.3, -0.25) is 0 Å². The maximum Gasteiger partial charge on any atom is 0.0944 e. The number of aryl methyl sites for hydroxylation is 2. The molecule has 0 radical (unpaired) electrons. The summed E-state index contributed by atoms with van der Waals surface area (Å²) in [7, 11) is 0. The highest BCUT2D eigenvalue weighted by molar-refractivity contribution is 7.12. The van der Waals surface area contributed by atoms with Crippen molar-refractivity contribution < 1.29 is 0 Å². The zero-order valence-corrected chi connectivity index (χ0v) is 10.6. The van der Waals surface area contributed by atoms with Gasteiger partial charge in [0.05, 0.1) is 5.01 Å². The van der Waals surface area contributed by atoms with E-state index in [1.807, 2.05) is 22.9 Å². The van der Waals surface area contributed by atoms with Crippen LogP contribution in [0.3, 0.4) is 0 Å². The first-order valence-electron chi connectivity index (χ1n) is 5.58. The molecular formula is C12H14N2S2. The number of thiazole rings is 1. The van der Waals surface area contributed by atoms with E-state index < -0.39 is 0 Å². The molecule has 0 aliphatic heterocycles. The van der Waals surface area contributed by atoms with Gasteiger partial charge in [-0.15, -0.1) is 22.7 Å². The van der Waals surface area contributed by atoms with E-state index in [-0.39, 0.29) is 6.04 Å². The summed E-state index contributed by atoms with van der Waals surface area (Å²) < 4.78 is 0. The van der Waals surface area contributed by atoms with Crippen LogP contribution in [0.4, 0.5) is 0 Å². The Hall–Kier alpha value is -0.710. The molecule has 0 saturated heterocycles. The molecule has 2 heterocycles. The number of aromatic nitrogens is 1. The topological polar surface area (TPSA) is 38.9 Å². The minimum atomic E-state index is 0.127. The van der Waals surface area contributed by atoms with Gasteiger partial charge in [0.15, 0.2) is 0 Å². The third kappa shape index (κ3) is 1.93. The highest BCUT2D eigenvalue weighted by Gasteiger charge is 2.18. The second-order valence-electron chi connectivity index (χ2n) is 4.19. The molecule has 0 saturated carbocycles. The normalized spacial score (nSPS) is 16.3. The molecule has 84 valence electrons. The largest absolute Gasteiger partial charge is 0.323 e. The molecule has 0 amide bonds. The van der Waals surface area contributed by atoms with Crippen molar-refractivity contribution in [3.63, 3.8) is 0 Å². The van der Waals surface area contributed by atoms with E-state index in [9.17, 15) is 0 Å². The van der Waals surface area contributed by atoms with Crippen molar-refractivity contribution >= 4 is 22.7 Å². The minimum Gasteiger partial charge on any atom is -0.323 e. The van der Waals surface area contributed by atoms with Crippen LogP contribution in [-0.4, -0.2) is 4.98 Å². The van der Waals surface area contributed by atoms with Crippen LogP contribution in [0.15, 0.2) is 17.6 Å². The minimum absolute atomic E-state index is 0.127. The van der Waals surface area contributed by atoms with Gasteiger partial charge in [-0.25, -0.2) is 4.98 Å². The molecule has 1 unspecified atom stereocenters. The highest BCUT2D eigenvalue weighted by atomic mass is 32.1.